The molecule has 0 heterocycles. The van der Waals surface area contributed by atoms with Gasteiger partial charge in [-0.05, 0) is 0 Å². The third kappa shape index (κ3) is 149. The minimum atomic E-state index is -1.11. The van der Waals surface area contributed by atoms with Crippen molar-refractivity contribution in [2.45, 2.75) is 265 Å². The van der Waals surface area contributed by atoms with Gasteiger partial charge in [0.05, 0.1) is 0 Å². The van der Waals surface area contributed by atoms with Crippen LogP contribution < -0.4 is 0 Å². The SMILES string of the molecule is C[Si](C)(C)[N-][Si](C)(C)C.C[Si](C)(C)[N-][Si](C)(C)C.C[Si](C)(C)[N-][Si](C)(C)C.C[Si](C)(C)[N-][Si](C)(C)C.C[Si](C)(C)[N-][Si](C)(C)C.C[Si](C)(C)[N-][Si](C)(C)C.[Fe+2].[Fe+2].[Fe+3].[Fe+3].[Fe+3].[Fe+3].[O-2].[O-2].[S-]c1ccccc1.[S-]c1ccccc1.[S-]c1ccccc1.[S-]c1ccccc1.[S-]c1ccccc1.[S-]c1ccccc1. The first-order valence-corrected chi connectivity index (χ1v) is 77.2. The second-order valence-corrected chi connectivity index (χ2v) is 94.9. The van der Waals surface area contributed by atoms with E-state index >= 15 is 0 Å². The monoisotopic (exact) mass is 1980 g/mol. The molecule has 0 aliphatic carbocycles. The Labute approximate surface area is 753 Å². The summed E-state index contributed by atoms with van der Waals surface area (Å²) in [6.07, 6.45) is 0. The first-order chi connectivity index (χ1) is 42.6. The van der Waals surface area contributed by atoms with E-state index in [9.17, 15) is 0 Å². The Morgan fingerprint density at radius 2 is 0.212 bits per heavy atom. The van der Waals surface area contributed by atoms with E-state index in [1.165, 1.54) is 0 Å². The van der Waals surface area contributed by atoms with Gasteiger partial charge in [-0.3, -0.25) is 0 Å². The molecule has 0 atom stereocenters. The number of hydrogen-bond donors (Lipinski definition) is 0. The van der Waals surface area contributed by atoms with Crippen LogP contribution in [0.2, 0.25) is 236 Å². The maximum Gasteiger partial charge on any atom is 3.00 e. The number of hydrogen-bond acceptors (Lipinski definition) is 6. The molecule has 4 radical (unpaired) electrons. The number of nitrogens with zero attached hydrogens (tertiary/aromatic N) is 6. The van der Waals surface area contributed by atoms with Crippen LogP contribution in [-0.4, -0.2) is 98.8 Å². The van der Waals surface area contributed by atoms with Crippen LogP contribution in [0.3, 0.4) is 0 Å². The third-order valence-electron chi connectivity index (χ3n) is 8.48. The molecule has 104 heavy (non-hydrogen) atoms. The zero-order valence-electron chi connectivity index (χ0n) is 70.4. The molecular weight excluding hydrogens is 1850 g/mol. The Balaban J connectivity index is -0.0000000704. The first-order valence-electron chi connectivity index (χ1n) is 33.4. The van der Waals surface area contributed by atoms with E-state index in [2.05, 4.69) is 236 Å². The van der Waals surface area contributed by atoms with E-state index < -0.39 is 98.8 Å². The molecule has 0 spiro atoms. The summed E-state index contributed by atoms with van der Waals surface area (Å²) in [5.74, 6) is 0. The van der Waals surface area contributed by atoms with E-state index in [-0.39, 0.29) is 113 Å². The minimum Gasteiger partial charge on any atom is -2.00 e. The van der Waals surface area contributed by atoms with Crippen molar-refractivity contribution in [2.75, 3.05) is 0 Å². The summed E-state index contributed by atoms with van der Waals surface area (Å²) in [5, 5.41) is 0. The van der Waals surface area contributed by atoms with Gasteiger partial charge in [0.1, 0.15) is 0 Å². The van der Waals surface area contributed by atoms with E-state index in [0.29, 0.717) is 0 Å². The second-order valence-electron chi connectivity index (χ2n) is 34.6. The van der Waals surface area contributed by atoms with Crippen molar-refractivity contribution < 1.29 is 113 Å². The van der Waals surface area contributed by atoms with Crippen molar-refractivity contribution in [2.24, 2.45) is 0 Å². The van der Waals surface area contributed by atoms with Crippen LogP contribution >= 0.6 is 0 Å². The Morgan fingerprint density at radius 3 is 0.231 bits per heavy atom. The summed E-state index contributed by atoms with van der Waals surface area (Å²) in [7, 11) is -13.3. The Kier molecular flexibility index (Phi) is 92.1. The Hall–Kier alpha value is 2.04. The van der Waals surface area contributed by atoms with E-state index in [1.54, 1.807) is 0 Å². The van der Waals surface area contributed by atoms with Gasteiger partial charge in [-0.15, -0.1) is 0 Å². The maximum absolute atomic E-state index is 4.82. The van der Waals surface area contributed by atoms with E-state index in [1.807, 2.05) is 182 Å². The van der Waals surface area contributed by atoms with Crippen molar-refractivity contribution in [3.8, 4) is 0 Å². The van der Waals surface area contributed by atoms with Gasteiger partial charge in [-0.1, -0.05) is 517 Å². The second kappa shape index (κ2) is 69.4. The molecule has 0 N–H and O–H groups in total. The van der Waals surface area contributed by atoms with Gasteiger partial charge < -0.3 is 115 Å². The number of benzene rings is 6. The maximum atomic E-state index is 4.82. The molecule has 6 rings (SSSR count). The Morgan fingerprint density at radius 1 is 0.154 bits per heavy atom. The average Bonchev–Trinajstić information content (AvgIpc) is 0.939. The van der Waals surface area contributed by atoms with Crippen LogP contribution in [0.1, 0.15) is 0 Å². The van der Waals surface area contributed by atoms with Gasteiger partial charge in [0.15, 0.2) is 0 Å². The largest absolute Gasteiger partial charge is 3.00 e. The fourth-order valence-electron chi connectivity index (χ4n) is 8.56. The van der Waals surface area contributed by atoms with Crippen LogP contribution in [0.4, 0.5) is 0 Å². The van der Waals surface area contributed by atoms with Crippen LogP contribution in [0.25, 0.3) is 27.9 Å². The zero-order valence-corrected chi connectivity index (χ0v) is 93.9. The van der Waals surface area contributed by atoms with E-state index in [0.717, 1.165) is 29.4 Å². The van der Waals surface area contributed by atoms with Crippen molar-refractivity contribution in [1.29, 1.82) is 0 Å². The topological polar surface area (TPSA) is 142 Å². The molecule has 6 aromatic carbocycles. The summed E-state index contributed by atoms with van der Waals surface area (Å²) >= 11 is 28.9. The molecule has 0 fully saturated rings. The predicted molar refractivity (Wildman–Crippen MR) is 494 cm³/mol. The predicted octanol–water partition coefficient (Wildman–Crippen LogP) is 27.5. The molecular formula is C72H138Fe6N6O2S6Si12. The van der Waals surface area contributed by atoms with E-state index in [4.69, 9.17) is 104 Å². The van der Waals surface area contributed by atoms with Gasteiger partial charge in [-0.2, -0.15) is 29.4 Å². The molecule has 0 bridgehead atoms. The van der Waals surface area contributed by atoms with Gasteiger partial charge in [0, 0.05) is 0 Å². The molecule has 600 valence electrons. The van der Waals surface area contributed by atoms with Gasteiger partial charge in [0.2, 0.25) is 0 Å². The smallest absolute Gasteiger partial charge is 2.00 e. The molecule has 0 amide bonds. The quantitative estimate of drug-likeness (QED) is 0.0882. The van der Waals surface area contributed by atoms with Crippen LogP contribution in [0.15, 0.2) is 211 Å². The summed E-state index contributed by atoms with van der Waals surface area (Å²) in [4.78, 5) is 5.43. The molecule has 8 nitrogen and oxygen atoms in total. The summed E-state index contributed by atoms with van der Waals surface area (Å²) in [5.41, 5.74) is 0. The van der Waals surface area contributed by atoms with Crippen molar-refractivity contribution in [3.63, 3.8) is 0 Å². The molecule has 0 aliphatic heterocycles. The number of rotatable bonds is 12. The zero-order chi connectivity index (χ0) is 76.9. The van der Waals surface area contributed by atoms with Crippen LogP contribution in [0, 0.1) is 0 Å². The van der Waals surface area contributed by atoms with Gasteiger partial charge in [0.25, 0.3) is 0 Å². The first kappa shape index (κ1) is 138. The van der Waals surface area contributed by atoms with Crippen molar-refractivity contribution >= 4 is 175 Å². The Bertz CT molecular complexity index is 2200. The normalized spacial score (nSPS) is 10.7. The standard InChI is InChI=1S/6C6H18NSi2.6C6H6S.6Fe.2O/c6*1-8(2,3)7-9(4,5)6;6*7-6-4-2-1-3-5-6;;;;;;;;/h6*1-6H3;6*1-5,7H;;;;;;;;/q6*-1;;;;;;;2*+2;4*+3;2*-2/p-6. The molecule has 0 saturated carbocycles. The van der Waals surface area contributed by atoms with Crippen molar-refractivity contribution in [3.05, 3.63) is 210 Å². The summed E-state index contributed by atoms with van der Waals surface area (Å²) < 4.78 is 28.9. The molecule has 32 heteroatoms. The third-order valence-corrected chi connectivity index (χ3v) is 42.3. The van der Waals surface area contributed by atoms with Gasteiger partial charge >= 0.3 is 102 Å². The van der Waals surface area contributed by atoms with Crippen molar-refractivity contribution in [1.82, 2.24) is 0 Å². The van der Waals surface area contributed by atoms with Crippen LogP contribution in [-0.2, 0) is 189 Å². The summed E-state index contributed by atoms with van der Waals surface area (Å²) in [6, 6.07) is 57.7. The van der Waals surface area contributed by atoms with Crippen LogP contribution in [0.5, 0.6) is 0 Å². The fourth-order valence-corrected chi connectivity index (χ4v) is 57.8. The molecule has 6 aromatic rings. The molecule has 0 saturated heterocycles. The molecule has 0 aromatic heterocycles. The fraction of sp³-hybridized carbons (Fsp3) is 0.500. The molecule has 0 aliphatic rings. The summed E-state index contributed by atoms with van der Waals surface area (Å²) in [6.45, 7) is 82.7. The minimum absolute atomic E-state index is 0. The average molecular weight is 1980 g/mol. The molecule has 0 unspecified atom stereocenters. The van der Waals surface area contributed by atoms with Gasteiger partial charge in [-0.25, -0.2) is 0 Å².